The van der Waals surface area contributed by atoms with E-state index >= 15 is 0 Å². The molecule has 3 aromatic rings. The monoisotopic (exact) mass is 513 g/mol. The SMILES string of the molecule is Cc1ccc(N=C2NC(=O)/C(=C\c3cc(Cl)c(OCc4ccc([N+](=O)[O-])cc4)c(Cl)c3)S2)cc1. The Hall–Kier alpha value is -3.33. The van der Waals surface area contributed by atoms with Gasteiger partial charge in [0.25, 0.3) is 11.6 Å². The Morgan fingerprint density at radius 1 is 1.09 bits per heavy atom. The van der Waals surface area contributed by atoms with Gasteiger partial charge in [-0.1, -0.05) is 40.9 Å². The minimum absolute atomic E-state index is 0.00177. The number of carbonyl (C=O) groups is 1. The maximum atomic E-state index is 12.4. The smallest absolute Gasteiger partial charge is 0.269 e. The molecule has 0 bridgehead atoms. The van der Waals surface area contributed by atoms with Crippen LogP contribution in [-0.4, -0.2) is 16.0 Å². The molecule has 3 aromatic carbocycles. The molecule has 0 unspecified atom stereocenters. The second kappa shape index (κ2) is 10.3. The predicted octanol–water partition coefficient (Wildman–Crippen LogP) is 6.68. The number of amides is 1. The number of carbonyl (C=O) groups excluding carboxylic acids is 1. The number of nitrogens with one attached hydrogen (secondary N) is 1. The lowest BCUT2D eigenvalue weighted by molar-refractivity contribution is -0.384. The highest BCUT2D eigenvalue weighted by atomic mass is 35.5. The first-order valence-corrected chi connectivity index (χ1v) is 11.6. The van der Waals surface area contributed by atoms with Gasteiger partial charge in [0.15, 0.2) is 10.9 Å². The zero-order valence-electron chi connectivity index (χ0n) is 17.7. The van der Waals surface area contributed by atoms with E-state index < -0.39 is 4.92 Å². The van der Waals surface area contributed by atoms with Crippen molar-refractivity contribution in [3.05, 3.63) is 102 Å². The Morgan fingerprint density at radius 3 is 2.35 bits per heavy atom. The molecule has 7 nitrogen and oxygen atoms in total. The molecule has 1 aliphatic rings. The number of hydrogen-bond acceptors (Lipinski definition) is 6. The number of non-ortho nitro benzene ring substituents is 1. The molecule has 0 spiro atoms. The predicted molar refractivity (Wildman–Crippen MR) is 136 cm³/mol. The van der Waals surface area contributed by atoms with Crippen LogP contribution >= 0.6 is 35.0 Å². The van der Waals surface area contributed by atoms with Gasteiger partial charge < -0.3 is 10.1 Å². The molecule has 0 aromatic heterocycles. The van der Waals surface area contributed by atoms with Crippen molar-refractivity contribution in [1.29, 1.82) is 0 Å². The maximum Gasteiger partial charge on any atom is 0.269 e. The number of thioether (sulfide) groups is 1. The lowest BCUT2D eigenvalue weighted by atomic mass is 10.2. The van der Waals surface area contributed by atoms with E-state index in [2.05, 4.69) is 10.3 Å². The first-order chi connectivity index (χ1) is 16.3. The Labute approximate surface area is 209 Å². The zero-order valence-corrected chi connectivity index (χ0v) is 20.1. The largest absolute Gasteiger partial charge is 0.486 e. The molecule has 1 saturated heterocycles. The summed E-state index contributed by atoms with van der Waals surface area (Å²) in [6.45, 7) is 2.13. The molecule has 1 amide bonds. The van der Waals surface area contributed by atoms with E-state index in [9.17, 15) is 14.9 Å². The molecule has 0 saturated carbocycles. The van der Waals surface area contributed by atoms with Crippen molar-refractivity contribution in [3.63, 3.8) is 0 Å². The van der Waals surface area contributed by atoms with Gasteiger partial charge in [0, 0.05) is 12.1 Å². The summed E-state index contributed by atoms with van der Waals surface area (Å²) < 4.78 is 5.73. The summed E-state index contributed by atoms with van der Waals surface area (Å²) in [4.78, 5) is 27.6. The van der Waals surface area contributed by atoms with Gasteiger partial charge in [0.2, 0.25) is 0 Å². The van der Waals surface area contributed by atoms with E-state index in [4.69, 9.17) is 27.9 Å². The van der Waals surface area contributed by atoms with Crippen molar-refractivity contribution < 1.29 is 14.5 Å². The number of nitro benzene ring substituents is 1. The van der Waals surface area contributed by atoms with Crippen molar-refractivity contribution in [2.24, 2.45) is 4.99 Å². The molecular formula is C24H17Cl2N3O4S. The van der Waals surface area contributed by atoms with Crippen molar-refractivity contribution in [2.45, 2.75) is 13.5 Å². The van der Waals surface area contributed by atoms with E-state index in [1.54, 1.807) is 30.3 Å². The summed E-state index contributed by atoms with van der Waals surface area (Å²) in [6, 6.07) is 17.0. The molecular weight excluding hydrogens is 497 g/mol. The number of aliphatic imine (C=N–C) groups is 1. The molecule has 0 radical (unpaired) electrons. The van der Waals surface area contributed by atoms with Crippen LogP contribution in [0, 0.1) is 17.0 Å². The summed E-state index contributed by atoms with van der Waals surface area (Å²) in [7, 11) is 0. The van der Waals surface area contributed by atoms with Gasteiger partial charge in [0.05, 0.1) is 25.6 Å². The molecule has 1 N–H and O–H groups in total. The number of nitrogens with zero attached hydrogens (tertiary/aromatic N) is 2. The maximum absolute atomic E-state index is 12.4. The van der Waals surface area contributed by atoms with Crippen LogP contribution in [0.25, 0.3) is 6.08 Å². The first kappa shape index (κ1) is 23.8. The zero-order chi connectivity index (χ0) is 24.2. The summed E-state index contributed by atoms with van der Waals surface area (Å²) in [5, 5.41) is 14.6. The van der Waals surface area contributed by atoms with Gasteiger partial charge in [-0.25, -0.2) is 4.99 Å². The lowest BCUT2D eigenvalue weighted by Crippen LogP contribution is -2.19. The lowest BCUT2D eigenvalue weighted by Gasteiger charge is -2.11. The van der Waals surface area contributed by atoms with Crippen LogP contribution in [0.3, 0.4) is 0 Å². The van der Waals surface area contributed by atoms with Crippen LogP contribution in [0.1, 0.15) is 16.7 Å². The van der Waals surface area contributed by atoms with Gasteiger partial charge in [-0.3, -0.25) is 14.9 Å². The highest BCUT2D eigenvalue weighted by molar-refractivity contribution is 8.18. The van der Waals surface area contributed by atoms with Crippen LogP contribution in [0.15, 0.2) is 70.6 Å². The highest BCUT2D eigenvalue weighted by Crippen LogP contribution is 2.37. The molecule has 1 heterocycles. The Kier molecular flexibility index (Phi) is 7.21. The van der Waals surface area contributed by atoms with Gasteiger partial charge >= 0.3 is 0 Å². The third-order valence-electron chi connectivity index (χ3n) is 4.76. The number of hydrogen-bond donors (Lipinski definition) is 1. The van der Waals surface area contributed by atoms with Gasteiger partial charge in [-0.05, 0) is 72.3 Å². The standard InChI is InChI=1S/C24H17Cl2N3O4S/c1-14-2-6-17(7-3-14)27-24-28-23(30)21(34-24)12-16-10-19(25)22(20(26)11-16)33-13-15-4-8-18(9-5-15)29(31)32/h2-12H,13H2,1H3,(H,27,28,30)/b21-12+. The average molecular weight is 514 g/mol. The molecule has 4 rings (SSSR count). The second-order valence-electron chi connectivity index (χ2n) is 7.34. The van der Waals surface area contributed by atoms with E-state index in [1.807, 2.05) is 31.2 Å². The minimum atomic E-state index is -0.466. The number of aryl methyl sites for hydroxylation is 1. The summed E-state index contributed by atoms with van der Waals surface area (Å²) in [6.07, 6.45) is 1.68. The van der Waals surface area contributed by atoms with E-state index in [1.165, 1.54) is 23.9 Å². The summed E-state index contributed by atoms with van der Waals surface area (Å²) in [5.41, 5.74) is 3.23. The number of nitro groups is 1. The summed E-state index contributed by atoms with van der Waals surface area (Å²) in [5.74, 6) is 0.0237. The molecule has 1 aliphatic heterocycles. The Morgan fingerprint density at radius 2 is 1.74 bits per heavy atom. The second-order valence-corrected chi connectivity index (χ2v) is 9.19. The van der Waals surface area contributed by atoms with Crippen molar-refractivity contribution in [2.75, 3.05) is 0 Å². The Bertz CT molecular complexity index is 1300. The number of benzene rings is 3. The van der Waals surface area contributed by atoms with E-state index in [0.29, 0.717) is 15.6 Å². The highest BCUT2D eigenvalue weighted by Gasteiger charge is 2.24. The topological polar surface area (TPSA) is 93.8 Å². The van der Waals surface area contributed by atoms with Crippen LogP contribution in [0.4, 0.5) is 11.4 Å². The number of amidine groups is 1. The minimum Gasteiger partial charge on any atom is -0.486 e. The van der Waals surface area contributed by atoms with Gasteiger partial charge in [0.1, 0.15) is 6.61 Å². The fourth-order valence-corrected chi connectivity index (χ4v) is 4.49. The molecule has 34 heavy (non-hydrogen) atoms. The van der Waals surface area contributed by atoms with Crippen LogP contribution < -0.4 is 10.1 Å². The van der Waals surface area contributed by atoms with E-state index in [0.717, 1.165) is 16.8 Å². The normalized spacial score (nSPS) is 15.6. The Balaban J connectivity index is 1.47. The average Bonchev–Trinajstić information content (AvgIpc) is 3.13. The quantitative estimate of drug-likeness (QED) is 0.225. The first-order valence-electron chi connectivity index (χ1n) is 10.00. The van der Waals surface area contributed by atoms with Crippen molar-refractivity contribution in [1.82, 2.24) is 5.32 Å². The molecule has 1 fully saturated rings. The fourth-order valence-electron chi connectivity index (χ4n) is 3.04. The fraction of sp³-hybridized carbons (Fsp3) is 0.0833. The number of ether oxygens (including phenoxy) is 1. The van der Waals surface area contributed by atoms with Gasteiger partial charge in [-0.2, -0.15) is 0 Å². The van der Waals surface area contributed by atoms with Crippen molar-refractivity contribution in [3.8, 4) is 5.75 Å². The van der Waals surface area contributed by atoms with Gasteiger partial charge in [-0.15, -0.1) is 0 Å². The molecule has 10 heteroatoms. The van der Waals surface area contributed by atoms with Crippen LogP contribution in [0.5, 0.6) is 5.75 Å². The van der Waals surface area contributed by atoms with E-state index in [-0.39, 0.29) is 34.0 Å². The third kappa shape index (κ3) is 5.77. The number of rotatable bonds is 6. The molecule has 0 aliphatic carbocycles. The third-order valence-corrected chi connectivity index (χ3v) is 6.24. The summed E-state index contributed by atoms with van der Waals surface area (Å²) >= 11 is 14.0. The molecule has 172 valence electrons. The van der Waals surface area contributed by atoms with Crippen molar-refractivity contribution >= 4 is 63.5 Å². The van der Waals surface area contributed by atoms with Crippen LogP contribution in [0.2, 0.25) is 10.0 Å². The number of halogens is 2. The van der Waals surface area contributed by atoms with Crippen LogP contribution in [-0.2, 0) is 11.4 Å². The molecule has 0 atom stereocenters.